The second kappa shape index (κ2) is 10.3. The predicted molar refractivity (Wildman–Crippen MR) is 113 cm³/mol. The highest BCUT2D eigenvalue weighted by molar-refractivity contribution is 7.84. The SMILES string of the molecule is CCOC(=O)c1[nH]c2c(C)c1OCCC/C=C\CC[C@H](NS(=O)C(C)(C)C)C2. The molecule has 2 heterocycles. The van der Waals surface area contributed by atoms with Crippen LogP contribution in [0, 0.1) is 6.92 Å². The molecule has 28 heavy (non-hydrogen) atoms. The molecule has 1 aromatic rings. The minimum atomic E-state index is -1.17. The summed E-state index contributed by atoms with van der Waals surface area (Å²) in [5.74, 6) is 0.175. The molecule has 0 radical (unpaired) electrons. The maximum absolute atomic E-state index is 12.6. The number of carbonyl (C=O) groups excluding carboxylic acids is 1. The fraction of sp³-hybridized carbons (Fsp3) is 0.667. The third-order valence-corrected chi connectivity index (χ3v) is 6.33. The van der Waals surface area contributed by atoms with Crippen molar-refractivity contribution in [3.63, 3.8) is 0 Å². The first-order valence-electron chi connectivity index (χ1n) is 10.1. The second-order valence-electron chi connectivity index (χ2n) is 8.09. The number of H-pyrrole nitrogens is 1. The maximum Gasteiger partial charge on any atom is 0.358 e. The Bertz CT molecular complexity index is 719. The van der Waals surface area contributed by atoms with Crippen LogP contribution < -0.4 is 9.46 Å². The average Bonchev–Trinajstić information content (AvgIpc) is 2.92. The summed E-state index contributed by atoms with van der Waals surface area (Å²) in [5.41, 5.74) is 2.21. The van der Waals surface area contributed by atoms with Gasteiger partial charge < -0.3 is 14.5 Å². The summed E-state index contributed by atoms with van der Waals surface area (Å²) in [6.07, 6.45) is 8.57. The molecule has 2 N–H and O–H groups in total. The number of aromatic amines is 1. The van der Waals surface area contributed by atoms with E-state index in [0.717, 1.165) is 36.9 Å². The van der Waals surface area contributed by atoms with Crippen molar-refractivity contribution in [3.8, 4) is 5.75 Å². The van der Waals surface area contributed by atoms with Gasteiger partial charge in [0, 0.05) is 23.7 Å². The number of hydrogen-bond donors (Lipinski definition) is 2. The highest BCUT2D eigenvalue weighted by Crippen LogP contribution is 2.29. The van der Waals surface area contributed by atoms with Gasteiger partial charge in [-0.2, -0.15) is 0 Å². The maximum atomic E-state index is 12.6. The quantitative estimate of drug-likeness (QED) is 0.581. The van der Waals surface area contributed by atoms with Crippen LogP contribution in [0.15, 0.2) is 12.2 Å². The van der Waals surface area contributed by atoms with E-state index in [1.807, 2.05) is 27.7 Å². The van der Waals surface area contributed by atoms with Crippen LogP contribution >= 0.6 is 0 Å². The third kappa shape index (κ3) is 6.21. The standard InChI is InChI=1S/C21H34N2O4S/c1-6-26-20(24)18-19-15(2)17(22-18)14-16(23-28(25)21(3,4)5)12-10-8-7-9-11-13-27-19/h7-8,16,22-23H,6,9-14H2,1-5H3/b8-7-/t16-,28?/m0/s1. The zero-order chi connectivity index (χ0) is 20.7. The van der Waals surface area contributed by atoms with E-state index >= 15 is 0 Å². The van der Waals surface area contributed by atoms with E-state index in [9.17, 15) is 9.00 Å². The molecule has 1 aromatic heterocycles. The molecular formula is C21H34N2O4S. The fourth-order valence-electron chi connectivity index (χ4n) is 3.04. The van der Waals surface area contributed by atoms with Gasteiger partial charge in [0.2, 0.25) is 0 Å². The van der Waals surface area contributed by atoms with Gasteiger partial charge in [-0.25, -0.2) is 13.7 Å². The molecule has 1 aliphatic rings. The Hall–Kier alpha value is -1.60. The fourth-order valence-corrected chi connectivity index (χ4v) is 3.90. The number of rotatable bonds is 4. The van der Waals surface area contributed by atoms with E-state index in [-0.39, 0.29) is 10.8 Å². The average molecular weight is 411 g/mol. The summed E-state index contributed by atoms with van der Waals surface area (Å²) in [6.45, 7) is 10.5. The van der Waals surface area contributed by atoms with Gasteiger partial charge in [-0.3, -0.25) is 0 Å². The van der Waals surface area contributed by atoms with Gasteiger partial charge in [0.05, 0.1) is 28.9 Å². The van der Waals surface area contributed by atoms with Crippen molar-refractivity contribution in [1.29, 1.82) is 0 Å². The lowest BCUT2D eigenvalue weighted by molar-refractivity contribution is 0.0515. The van der Waals surface area contributed by atoms with Crippen molar-refractivity contribution < 1.29 is 18.5 Å². The largest absolute Gasteiger partial charge is 0.491 e. The summed E-state index contributed by atoms with van der Waals surface area (Å²) in [5, 5.41) is 0. The van der Waals surface area contributed by atoms with Crippen LogP contribution in [0.3, 0.4) is 0 Å². The van der Waals surface area contributed by atoms with Crippen LogP contribution in [-0.2, 0) is 22.1 Å². The third-order valence-electron chi connectivity index (χ3n) is 4.67. The van der Waals surface area contributed by atoms with E-state index < -0.39 is 17.0 Å². The summed E-state index contributed by atoms with van der Waals surface area (Å²) in [6, 6.07) is 0.0192. The highest BCUT2D eigenvalue weighted by Gasteiger charge is 2.26. The number of esters is 1. The molecule has 2 bridgehead atoms. The van der Waals surface area contributed by atoms with Gasteiger partial charge in [0.25, 0.3) is 0 Å². The van der Waals surface area contributed by atoms with E-state index in [0.29, 0.717) is 31.1 Å². The van der Waals surface area contributed by atoms with E-state index in [2.05, 4.69) is 21.9 Å². The van der Waals surface area contributed by atoms with Crippen LogP contribution in [0.25, 0.3) is 0 Å². The number of allylic oxidation sites excluding steroid dienone is 2. The summed E-state index contributed by atoms with van der Waals surface area (Å²) in [7, 11) is -1.17. The van der Waals surface area contributed by atoms with Gasteiger partial charge >= 0.3 is 5.97 Å². The number of fused-ring (bicyclic) bond motifs is 2. The number of carbonyl (C=O) groups is 1. The molecule has 7 heteroatoms. The second-order valence-corrected chi connectivity index (χ2v) is 10.1. The molecule has 6 nitrogen and oxygen atoms in total. The molecular weight excluding hydrogens is 376 g/mol. The Morgan fingerprint density at radius 3 is 2.75 bits per heavy atom. The summed E-state index contributed by atoms with van der Waals surface area (Å²) < 4.78 is 26.7. The van der Waals surface area contributed by atoms with Gasteiger partial charge in [0.15, 0.2) is 11.4 Å². The highest BCUT2D eigenvalue weighted by atomic mass is 32.2. The number of hydrogen-bond acceptors (Lipinski definition) is 4. The first-order chi connectivity index (χ1) is 13.2. The minimum absolute atomic E-state index is 0.0192. The van der Waals surface area contributed by atoms with Gasteiger partial charge in [-0.05, 0) is 60.3 Å². The number of ether oxygens (including phenoxy) is 2. The Balaban J connectivity index is 2.33. The van der Waals surface area contributed by atoms with Gasteiger partial charge in [0.1, 0.15) is 0 Å². The summed E-state index contributed by atoms with van der Waals surface area (Å²) in [4.78, 5) is 15.6. The molecule has 1 unspecified atom stereocenters. The number of nitrogens with one attached hydrogen (secondary N) is 2. The monoisotopic (exact) mass is 410 g/mol. The molecule has 0 aromatic carbocycles. The van der Waals surface area contributed by atoms with Crippen molar-refractivity contribution in [2.45, 2.75) is 77.5 Å². The Morgan fingerprint density at radius 1 is 1.36 bits per heavy atom. The predicted octanol–water partition coefficient (Wildman–Crippen LogP) is 3.97. The zero-order valence-corrected chi connectivity index (χ0v) is 18.5. The smallest absolute Gasteiger partial charge is 0.358 e. The minimum Gasteiger partial charge on any atom is -0.491 e. The molecule has 0 saturated heterocycles. The van der Waals surface area contributed by atoms with Gasteiger partial charge in [-0.1, -0.05) is 12.2 Å². The first-order valence-corrected chi connectivity index (χ1v) is 11.2. The van der Waals surface area contributed by atoms with Crippen LogP contribution in [0.4, 0.5) is 0 Å². The van der Waals surface area contributed by atoms with Crippen molar-refractivity contribution in [3.05, 3.63) is 29.1 Å². The number of aromatic nitrogens is 1. The van der Waals surface area contributed by atoms with E-state index in [1.165, 1.54) is 0 Å². The van der Waals surface area contributed by atoms with E-state index in [4.69, 9.17) is 9.47 Å². The van der Waals surface area contributed by atoms with Crippen LogP contribution in [0.5, 0.6) is 5.75 Å². The lowest BCUT2D eigenvalue weighted by Crippen LogP contribution is -2.41. The molecule has 2 atom stereocenters. The van der Waals surface area contributed by atoms with Crippen LogP contribution in [-0.4, -0.2) is 39.2 Å². The topological polar surface area (TPSA) is 80.4 Å². The van der Waals surface area contributed by atoms with Crippen molar-refractivity contribution in [2.24, 2.45) is 0 Å². The van der Waals surface area contributed by atoms with E-state index in [1.54, 1.807) is 6.92 Å². The molecule has 2 rings (SSSR count). The molecule has 0 aliphatic carbocycles. The molecule has 158 valence electrons. The normalized spacial score (nSPS) is 20.8. The molecule has 0 saturated carbocycles. The lowest BCUT2D eigenvalue weighted by atomic mass is 10.0. The molecule has 0 spiro atoms. The van der Waals surface area contributed by atoms with Crippen LogP contribution in [0.2, 0.25) is 0 Å². The Kier molecular flexibility index (Phi) is 8.31. The molecule has 1 aliphatic heterocycles. The van der Waals surface area contributed by atoms with Gasteiger partial charge in [-0.15, -0.1) is 0 Å². The molecule has 0 amide bonds. The van der Waals surface area contributed by atoms with Crippen molar-refractivity contribution >= 4 is 17.0 Å². The Labute approximate surface area is 171 Å². The molecule has 0 fully saturated rings. The zero-order valence-electron chi connectivity index (χ0n) is 17.7. The Morgan fingerprint density at radius 2 is 2.07 bits per heavy atom. The van der Waals surface area contributed by atoms with Crippen LogP contribution in [0.1, 0.15) is 75.1 Å². The summed E-state index contributed by atoms with van der Waals surface area (Å²) >= 11 is 0. The lowest BCUT2D eigenvalue weighted by Gasteiger charge is -2.24. The van der Waals surface area contributed by atoms with Crippen molar-refractivity contribution in [2.75, 3.05) is 13.2 Å². The first kappa shape index (κ1) is 22.7. The van der Waals surface area contributed by atoms with Crippen molar-refractivity contribution in [1.82, 2.24) is 9.71 Å².